The van der Waals surface area contributed by atoms with Gasteiger partial charge in [-0.05, 0) is 24.3 Å². The summed E-state index contributed by atoms with van der Waals surface area (Å²) in [6.07, 6.45) is 2.18. The highest BCUT2D eigenvalue weighted by molar-refractivity contribution is 7.15. The maximum atomic E-state index is 13.0. The zero-order valence-corrected chi connectivity index (χ0v) is 17.4. The third-order valence-electron chi connectivity index (χ3n) is 5.08. The van der Waals surface area contributed by atoms with Crippen LogP contribution in [0.15, 0.2) is 53.1 Å². The number of nitrogens with one attached hydrogen (secondary N) is 1. The minimum absolute atomic E-state index is 0.184. The fourth-order valence-corrected chi connectivity index (χ4v) is 4.56. The summed E-state index contributed by atoms with van der Waals surface area (Å²) in [4.78, 5) is 36.6. The van der Waals surface area contributed by atoms with E-state index in [9.17, 15) is 9.59 Å². The SMILES string of the molecule is COc1cccc2cc(C(=O)N3CCc4nc(NC(=O)c5ccccn5)sc4C3)oc12. The van der Waals surface area contributed by atoms with Gasteiger partial charge in [0.25, 0.3) is 11.8 Å². The molecule has 4 aromatic rings. The third-order valence-corrected chi connectivity index (χ3v) is 6.07. The molecule has 31 heavy (non-hydrogen) atoms. The summed E-state index contributed by atoms with van der Waals surface area (Å²) in [5, 5.41) is 4.11. The largest absolute Gasteiger partial charge is 0.493 e. The van der Waals surface area contributed by atoms with E-state index in [1.807, 2.05) is 12.1 Å². The predicted molar refractivity (Wildman–Crippen MR) is 116 cm³/mol. The van der Waals surface area contributed by atoms with Crippen LogP contribution in [0.2, 0.25) is 0 Å². The Hall–Kier alpha value is -3.72. The Labute approximate surface area is 181 Å². The maximum Gasteiger partial charge on any atom is 0.289 e. The standard InChI is InChI=1S/C22H18N4O4S/c1-29-16-7-4-5-13-11-17(30-19(13)16)21(28)26-10-8-14-18(12-26)31-22(24-14)25-20(27)15-6-2-3-9-23-15/h2-7,9,11H,8,10,12H2,1H3,(H,24,25,27). The lowest BCUT2D eigenvalue weighted by Gasteiger charge is -2.25. The lowest BCUT2D eigenvalue weighted by Crippen LogP contribution is -2.35. The Balaban J connectivity index is 1.33. The number of methoxy groups -OCH3 is 1. The highest BCUT2D eigenvalue weighted by Crippen LogP contribution is 2.32. The van der Waals surface area contributed by atoms with E-state index in [4.69, 9.17) is 9.15 Å². The summed E-state index contributed by atoms with van der Waals surface area (Å²) >= 11 is 1.37. The predicted octanol–water partition coefficient (Wildman–Crippen LogP) is 3.74. The molecule has 1 aliphatic heterocycles. The molecular weight excluding hydrogens is 416 g/mol. The molecule has 0 atom stereocenters. The zero-order valence-electron chi connectivity index (χ0n) is 16.6. The molecule has 0 saturated heterocycles. The summed E-state index contributed by atoms with van der Waals surface area (Å²) in [6, 6.07) is 12.4. The van der Waals surface area contributed by atoms with E-state index in [1.165, 1.54) is 11.3 Å². The molecule has 0 spiro atoms. The molecule has 0 unspecified atom stereocenters. The maximum absolute atomic E-state index is 13.0. The van der Waals surface area contributed by atoms with Crippen molar-refractivity contribution < 1.29 is 18.7 Å². The number of thiazole rings is 1. The van der Waals surface area contributed by atoms with Crippen molar-refractivity contribution in [1.82, 2.24) is 14.9 Å². The number of rotatable bonds is 4. The van der Waals surface area contributed by atoms with E-state index in [1.54, 1.807) is 48.5 Å². The molecule has 1 aromatic carbocycles. The van der Waals surface area contributed by atoms with Gasteiger partial charge in [-0.1, -0.05) is 29.5 Å². The van der Waals surface area contributed by atoms with Crippen molar-refractivity contribution in [2.24, 2.45) is 0 Å². The number of carbonyl (C=O) groups excluding carboxylic acids is 2. The number of furan rings is 1. The molecule has 0 fully saturated rings. The molecule has 4 heterocycles. The lowest BCUT2D eigenvalue weighted by atomic mass is 10.1. The third kappa shape index (κ3) is 3.64. The van der Waals surface area contributed by atoms with Crippen LogP contribution in [0.25, 0.3) is 11.0 Å². The van der Waals surface area contributed by atoms with Crippen molar-refractivity contribution >= 4 is 39.3 Å². The van der Waals surface area contributed by atoms with Gasteiger partial charge in [-0.25, -0.2) is 4.98 Å². The molecule has 0 bridgehead atoms. The molecule has 156 valence electrons. The minimum Gasteiger partial charge on any atom is -0.493 e. The van der Waals surface area contributed by atoms with Gasteiger partial charge in [0.15, 0.2) is 22.2 Å². The minimum atomic E-state index is -0.309. The Kier molecular flexibility index (Phi) is 4.87. The second kappa shape index (κ2) is 7.84. The first kappa shape index (κ1) is 19.3. The summed E-state index contributed by atoms with van der Waals surface area (Å²) in [5.74, 6) is 0.372. The van der Waals surface area contributed by atoms with Crippen LogP contribution in [0, 0.1) is 0 Å². The summed E-state index contributed by atoms with van der Waals surface area (Å²) in [6.45, 7) is 0.941. The molecule has 0 aliphatic carbocycles. The van der Waals surface area contributed by atoms with Crippen LogP contribution >= 0.6 is 11.3 Å². The van der Waals surface area contributed by atoms with E-state index in [2.05, 4.69) is 15.3 Å². The molecule has 9 heteroatoms. The van der Waals surface area contributed by atoms with Crippen molar-refractivity contribution in [1.29, 1.82) is 0 Å². The number of aromatic nitrogens is 2. The van der Waals surface area contributed by atoms with Gasteiger partial charge in [-0.15, -0.1) is 0 Å². The van der Waals surface area contributed by atoms with Gasteiger partial charge >= 0.3 is 0 Å². The van der Waals surface area contributed by atoms with Gasteiger partial charge in [0.05, 0.1) is 19.3 Å². The summed E-state index contributed by atoms with van der Waals surface area (Å²) < 4.78 is 11.1. The summed E-state index contributed by atoms with van der Waals surface area (Å²) in [7, 11) is 1.57. The summed E-state index contributed by atoms with van der Waals surface area (Å²) in [5.41, 5.74) is 1.78. The quantitative estimate of drug-likeness (QED) is 0.525. The van der Waals surface area contributed by atoms with Gasteiger partial charge in [0.2, 0.25) is 0 Å². The number of fused-ring (bicyclic) bond motifs is 2. The number of hydrogen-bond donors (Lipinski definition) is 1. The van der Waals surface area contributed by atoms with Gasteiger partial charge in [0, 0.05) is 29.4 Å². The Morgan fingerprint density at radius 3 is 2.94 bits per heavy atom. The van der Waals surface area contributed by atoms with Crippen molar-refractivity contribution in [2.45, 2.75) is 13.0 Å². The highest BCUT2D eigenvalue weighted by atomic mass is 32.1. The van der Waals surface area contributed by atoms with E-state index in [0.717, 1.165) is 16.0 Å². The Morgan fingerprint density at radius 1 is 1.23 bits per heavy atom. The van der Waals surface area contributed by atoms with Crippen LogP contribution in [0.5, 0.6) is 5.75 Å². The zero-order chi connectivity index (χ0) is 21.4. The molecule has 0 saturated carbocycles. The number of anilines is 1. The van der Waals surface area contributed by atoms with Crippen LogP contribution in [0.3, 0.4) is 0 Å². The smallest absolute Gasteiger partial charge is 0.289 e. The molecular formula is C22H18N4O4S. The second-order valence-corrected chi connectivity index (χ2v) is 8.11. The number of ether oxygens (including phenoxy) is 1. The average molecular weight is 434 g/mol. The van der Waals surface area contributed by atoms with Gasteiger partial charge in [-0.3, -0.25) is 19.9 Å². The molecule has 5 rings (SSSR count). The van der Waals surface area contributed by atoms with Gasteiger partial charge < -0.3 is 14.1 Å². The molecule has 2 amide bonds. The number of para-hydroxylation sites is 1. The van der Waals surface area contributed by atoms with Crippen LogP contribution in [0.1, 0.15) is 31.6 Å². The topological polar surface area (TPSA) is 97.6 Å². The lowest BCUT2D eigenvalue weighted by molar-refractivity contribution is 0.0706. The molecule has 1 aliphatic rings. The van der Waals surface area contributed by atoms with Gasteiger partial charge in [-0.2, -0.15) is 0 Å². The fourth-order valence-electron chi connectivity index (χ4n) is 3.54. The second-order valence-electron chi connectivity index (χ2n) is 7.02. The number of amides is 2. The van der Waals surface area contributed by atoms with E-state index < -0.39 is 0 Å². The van der Waals surface area contributed by atoms with Crippen molar-refractivity contribution in [2.75, 3.05) is 19.0 Å². The van der Waals surface area contributed by atoms with Crippen molar-refractivity contribution in [3.05, 3.63) is 70.7 Å². The average Bonchev–Trinajstić information content (AvgIpc) is 3.42. The molecule has 0 radical (unpaired) electrons. The fraction of sp³-hybridized carbons (Fsp3) is 0.182. The first-order valence-electron chi connectivity index (χ1n) is 9.69. The molecule has 8 nitrogen and oxygen atoms in total. The number of benzene rings is 1. The molecule has 1 N–H and O–H groups in total. The van der Waals surface area contributed by atoms with E-state index >= 15 is 0 Å². The Morgan fingerprint density at radius 2 is 2.13 bits per heavy atom. The van der Waals surface area contributed by atoms with E-state index in [-0.39, 0.29) is 17.6 Å². The van der Waals surface area contributed by atoms with Crippen LogP contribution in [-0.4, -0.2) is 40.3 Å². The number of carbonyl (C=O) groups is 2. The van der Waals surface area contributed by atoms with E-state index in [0.29, 0.717) is 41.7 Å². The number of pyridine rings is 1. The number of nitrogens with zero attached hydrogens (tertiary/aromatic N) is 3. The van der Waals surface area contributed by atoms with Crippen LogP contribution < -0.4 is 10.1 Å². The Bertz CT molecular complexity index is 1280. The van der Waals surface area contributed by atoms with Crippen molar-refractivity contribution in [3.63, 3.8) is 0 Å². The van der Waals surface area contributed by atoms with Gasteiger partial charge in [0.1, 0.15) is 5.69 Å². The first-order chi connectivity index (χ1) is 15.1. The normalized spacial score (nSPS) is 13.1. The first-order valence-corrected chi connectivity index (χ1v) is 10.5. The number of hydrogen-bond acceptors (Lipinski definition) is 7. The van der Waals surface area contributed by atoms with Crippen LogP contribution in [0.4, 0.5) is 5.13 Å². The molecule has 3 aromatic heterocycles. The van der Waals surface area contributed by atoms with Crippen molar-refractivity contribution in [3.8, 4) is 5.75 Å². The monoisotopic (exact) mass is 434 g/mol. The highest BCUT2D eigenvalue weighted by Gasteiger charge is 2.27. The van der Waals surface area contributed by atoms with Crippen LogP contribution in [-0.2, 0) is 13.0 Å².